The Balaban J connectivity index is 2.29. The molecule has 1 aromatic heterocycles. The van der Waals surface area contributed by atoms with Crippen LogP contribution in [0.5, 0.6) is 0 Å². The van der Waals surface area contributed by atoms with Crippen molar-refractivity contribution in [3.63, 3.8) is 0 Å². The van der Waals surface area contributed by atoms with Gasteiger partial charge in [-0.15, -0.1) is 0 Å². The molecule has 108 valence electrons. The molecule has 2 rings (SSSR count). The van der Waals surface area contributed by atoms with E-state index in [9.17, 15) is 5.11 Å². The average molecular weight is 266 g/mol. The molecule has 0 saturated heterocycles. The summed E-state index contributed by atoms with van der Waals surface area (Å²) in [5.74, 6) is 0.984. The van der Waals surface area contributed by atoms with Crippen molar-refractivity contribution >= 4 is 11.5 Å². The predicted octanol–water partition coefficient (Wildman–Crippen LogP) is 1.70. The topological polar surface area (TPSA) is 67.3 Å². The first-order valence-electron chi connectivity index (χ1n) is 7.37. The van der Waals surface area contributed by atoms with Crippen molar-refractivity contribution in [2.75, 3.05) is 23.8 Å². The molecule has 1 fully saturated rings. The standard InChI is InChI=1S/C14H26N4O/c1-3-12-13(15)14(17(2)16-12)18(9-10-19)11-7-5-4-6-8-11/h11,19H,3-10,15H2,1-2H3. The monoisotopic (exact) mass is 266 g/mol. The van der Waals surface area contributed by atoms with Crippen molar-refractivity contribution in [2.45, 2.75) is 51.5 Å². The summed E-state index contributed by atoms with van der Waals surface area (Å²) in [4.78, 5) is 2.26. The lowest BCUT2D eigenvalue weighted by Crippen LogP contribution is -2.40. The Labute approximate surface area is 115 Å². The summed E-state index contributed by atoms with van der Waals surface area (Å²) < 4.78 is 1.87. The van der Waals surface area contributed by atoms with Gasteiger partial charge in [-0.1, -0.05) is 26.2 Å². The molecule has 0 spiro atoms. The van der Waals surface area contributed by atoms with E-state index in [1.807, 2.05) is 11.7 Å². The lowest BCUT2D eigenvalue weighted by atomic mass is 9.94. The molecule has 1 aliphatic rings. The number of aliphatic hydroxyl groups is 1. The molecule has 0 amide bonds. The molecular formula is C14H26N4O. The van der Waals surface area contributed by atoms with Gasteiger partial charge in [0.15, 0.2) is 5.82 Å². The van der Waals surface area contributed by atoms with E-state index >= 15 is 0 Å². The van der Waals surface area contributed by atoms with Gasteiger partial charge in [0.25, 0.3) is 0 Å². The summed E-state index contributed by atoms with van der Waals surface area (Å²) in [5.41, 5.74) is 7.98. The molecule has 0 unspecified atom stereocenters. The third-order valence-corrected chi connectivity index (χ3v) is 4.09. The van der Waals surface area contributed by atoms with E-state index in [2.05, 4.69) is 16.9 Å². The first kappa shape index (κ1) is 14.2. The van der Waals surface area contributed by atoms with Crippen LogP contribution in [0.3, 0.4) is 0 Å². The number of aryl methyl sites for hydroxylation is 2. The molecule has 5 heteroatoms. The van der Waals surface area contributed by atoms with E-state index in [0.717, 1.165) is 23.6 Å². The smallest absolute Gasteiger partial charge is 0.150 e. The number of nitrogens with zero attached hydrogens (tertiary/aromatic N) is 3. The highest BCUT2D eigenvalue weighted by atomic mass is 16.3. The predicted molar refractivity (Wildman–Crippen MR) is 78.3 cm³/mol. The molecular weight excluding hydrogens is 240 g/mol. The van der Waals surface area contributed by atoms with E-state index < -0.39 is 0 Å². The number of aliphatic hydroxyl groups excluding tert-OH is 1. The van der Waals surface area contributed by atoms with Gasteiger partial charge < -0.3 is 15.7 Å². The Bertz CT molecular complexity index is 410. The maximum absolute atomic E-state index is 9.36. The Morgan fingerprint density at radius 1 is 1.37 bits per heavy atom. The van der Waals surface area contributed by atoms with Gasteiger partial charge in [0.2, 0.25) is 0 Å². The second-order valence-electron chi connectivity index (χ2n) is 5.37. The van der Waals surface area contributed by atoms with Gasteiger partial charge in [0.05, 0.1) is 18.0 Å². The molecule has 1 saturated carbocycles. The van der Waals surface area contributed by atoms with Crippen LogP contribution in [0.2, 0.25) is 0 Å². The molecule has 1 aliphatic carbocycles. The molecule has 0 aliphatic heterocycles. The molecule has 0 bridgehead atoms. The van der Waals surface area contributed by atoms with Gasteiger partial charge in [-0.3, -0.25) is 4.68 Å². The molecule has 0 radical (unpaired) electrons. The van der Waals surface area contributed by atoms with Gasteiger partial charge in [0.1, 0.15) is 0 Å². The zero-order chi connectivity index (χ0) is 13.8. The SMILES string of the molecule is CCc1nn(C)c(N(CCO)C2CCCCC2)c1N. The van der Waals surface area contributed by atoms with E-state index in [4.69, 9.17) is 5.73 Å². The minimum atomic E-state index is 0.155. The minimum Gasteiger partial charge on any atom is -0.395 e. The molecule has 19 heavy (non-hydrogen) atoms. The Hall–Kier alpha value is -1.23. The van der Waals surface area contributed by atoms with Crippen molar-refractivity contribution in [1.82, 2.24) is 9.78 Å². The van der Waals surface area contributed by atoms with Crippen LogP contribution in [0.15, 0.2) is 0 Å². The third kappa shape index (κ3) is 2.86. The van der Waals surface area contributed by atoms with Crippen LogP contribution in [0.25, 0.3) is 0 Å². The molecule has 5 nitrogen and oxygen atoms in total. The highest BCUT2D eigenvalue weighted by Gasteiger charge is 2.26. The van der Waals surface area contributed by atoms with E-state index in [-0.39, 0.29) is 6.61 Å². The van der Waals surface area contributed by atoms with Gasteiger partial charge in [0, 0.05) is 19.6 Å². The maximum atomic E-state index is 9.36. The van der Waals surface area contributed by atoms with Crippen LogP contribution >= 0.6 is 0 Å². The first-order chi connectivity index (χ1) is 9.19. The van der Waals surface area contributed by atoms with Gasteiger partial charge >= 0.3 is 0 Å². The van der Waals surface area contributed by atoms with Crippen molar-refractivity contribution in [3.05, 3.63) is 5.69 Å². The van der Waals surface area contributed by atoms with Crippen LogP contribution in [0.4, 0.5) is 11.5 Å². The summed E-state index contributed by atoms with van der Waals surface area (Å²) in [6.45, 7) is 2.86. The number of rotatable bonds is 5. The Kier molecular flexibility index (Phi) is 4.69. The first-order valence-corrected chi connectivity index (χ1v) is 7.37. The highest BCUT2D eigenvalue weighted by Crippen LogP contribution is 2.32. The summed E-state index contributed by atoms with van der Waals surface area (Å²) >= 11 is 0. The number of aromatic nitrogens is 2. The molecule has 1 heterocycles. The normalized spacial score (nSPS) is 16.8. The maximum Gasteiger partial charge on any atom is 0.150 e. The summed E-state index contributed by atoms with van der Waals surface area (Å²) in [6, 6.07) is 0.489. The van der Waals surface area contributed by atoms with Gasteiger partial charge in [-0.25, -0.2) is 0 Å². The Morgan fingerprint density at radius 2 is 2.05 bits per heavy atom. The summed E-state index contributed by atoms with van der Waals surface area (Å²) in [5, 5.41) is 13.9. The third-order valence-electron chi connectivity index (χ3n) is 4.09. The second-order valence-corrected chi connectivity index (χ2v) is 5.37. The fraction of sp³-hybridized carbons (Fsp3) is 0.786. The molecule has 3 N–H and O–H groups in total. The van der Waals surface area contributed by atoms with Crippen molar-refractivity contribution in [1.29, 1.82) is 0 Å². The van der Waals surface area contributed by atoms with E-state index in [1.165, 1.54) is 32.1 Å². The molecule has 0 atom stereocenters. The Morgan fingerprint density at radius 3 is 2.58 bits per heavy atom. The number of hydrogen-bond donors (Lipinski definition) is 2. The number of nitrogen functional groups attached to an aromatic ring is 1. The number of hydrogen-bond acceptors (Lipinski definition) is 4. The molecule has 0 aromatic carbocycles. The lowest BCUT2D eigenvalue weighted by molar-refractivity contribution is 0.288. The number of anilines is 2. The molecule has 1 aromatic rings. The summed E-state index contributed by atoms with van der Waals surface area (Å²) in [6.07, 6.45) is 7.08. The second kappa shape index (κ2) is 6.28. The van der Waals surface area contributed by atoms with Crippen LogP contribution < -0.4 is 10.6 Å². The zero-order valence-electron chi connectivity index (χ0n) is 12.1. The van der Waals surface area contributed by atoms with E-state index in [0.29, 0.717) is 12.6 Å². The quantitative estimate of drug-likeness (QED) is 0.851. The largest absolute Gasteiger partial charge is 0.395 e. The highest BCUT2D eigenvalue weighted by molar-refractivity contribution is 5.67. The van der Waals surface area contributed by atoms with E-state index in [1.54, 1.807) is 0 Å². The number of nitrogens with two attached hydrogens (primary N) is 1. The van der Waals surface area contributed by atoms with Gasteiger partial charge in [-0.2, -0.15) is 5.10 Å². The summed E-state index contributed by atoms with van der Waals surface area (Å²) in [7, 11) is 1.94. The van der Waals surface area contributed by atoms with Crippen LogP contribution in [-0.4, -0.2) is 34.1 Å². The van der Waals surface area contributed by atoms with Crippen LogP contribution in [0.1, 0.15) is 44.7 Å². The van der Waals surface area contributed by atoms with Crippen LogP contribution in [0, 0.1) is 0 Å². The lowest BCUT2D eigenvalue weighted by Gasteiger charge is -2.35. The average Bonchev–Trinajstić information content (AvgIpc) is 2.72. The van der Waals surface area contributed by atoms with Crippen molar-refractivity contribution < 1.29 is 5.11 Å². The fourth-order valence-corrected chi connectivity index (χ4v) is 3.15. The zero-order valence-corrected chi connectivity index (χ0v) is 12.1. The minimum absolute atomic E-state index is 0.155. The van der Waals surface area contributed by atoms with Crippen molar-refractivity contribution in [2.24, 2.45) is 7.05 Å². The van der Waals surface area contributed by atoms with Gasteiger partial charge in [-0.05, 0) is 19.3 Å². The van der Waals surface area contributed by atoms with Crippen molar-refractivity contribution in [3.8, 4) is 0 Å². The van der Waals surface area contributed by atoms with Crippen LogP contribution in [-0.2, 0) is 13.5 Å². The fourth-order valence-electron chi connectivity index (χ4n) is 3.15.